The van der Waals surface area contributed by atoms with E-state index in [9.17, 15) is 18.7 Å². The Morgan fingerprint density at radius 3 is 2.33 bits per heavy atom. The van der Waals surface area contributed by atoms with E-state index in [1.54, 1.807) is 0 Å². The van der Waals surface area contributed by atoms with Crippen molar-refractivity contribution >= 4 is 11.6 Å². The van der Waals surface area contributed by atoms with Crippen LogP contribution in [0.1, 0.15) is 13.8 Å². The highest BCUT2D eigenvalue weighted by atomic mass is 19.1. The Kier molecular flexibility index (Phi) is 3.91. The molecule has 0 saturated carbocycles. The summed E-state index contributed by atoms with van der Waals surface area (Å²) in [5, 5.41) is 9.55. The van der Waals surface area contributed by atoms with Crippen molar-refractivity contribution < 1.29 is 23.4 Å². The molecule has 0 bridgehead atoms. The van der Waals surface area contributed by atoms with Crippen molar-refractivity contribution in [3.05, 3.63) is 23.8 Å². The maximum Gasteiger partial charge on any atom is 0.258 e. The van der Waals surface area contributed by atoms with Gasteiger partial charge in [0, 0.05) is 19.2 Å². The molecule has 1 aromatic carbocycles. The van der Waals surface area contributed by atoms with Gasteiger partial charge in [0.1, 0.15) is 5.60 Å². The quantitative estimate of drug-likeness (QED) is 0.899. The molecule has 0 saturated heterocycles. The first-order valence-electron chi connectivity index (χ1n) is 5.22. The number of hydrogen-bond donors (Lipinski definition) is 1. The topological polar surface area (TPSA) is 49.8 Å². The van der Waals surface area contributed by atoms with Gasteiger partial charge in [0.25, 0.3) is 5.91 Å². The monoisotopic (exact) mass is 259 g/mol. The summed E-state index contributed by atoms with van der Waals surface area (Å²) in [5.41, 5.74) is -1.93. The maximum absolute atomic E-state index is 13.7. The van der Waals surface area contributed by atoms with Crippen LogP contribution in [0.3, 0.4) is 0 Å². The van der Waals surface area contributed by atoms with Crippen LogP contribution in [-0.2, 0) is 4.79 Å². The van der Waals surface area contributed by atoms with Gasteiger partial charge >= 0.3 is 0 Å². The molecule has 1 aromatic rings. The number of nitrogens with zero attached hydrogens (tertiary/aromatic N) is 1. The summed E-state index contributed by atoms with van der Waals surface area (Å²) in [7, 11) is 2.47. The minimum absolute atomic E-state index is 0.250. The van der Waals surface area contributed by atoms with Crippen LogP contribution in [0.5, 0.6) is 5.75 Å². The van der Waals surface area contributed by atoms with Crippen LogP contribution >= 0.6 is 0 Å². The number of anilines is 1. The number of likely N-dealkylation sites (N-methyl/N-ethyl adjacent to an activating group) is 1. The zero-order valence-electron chi connectivity index (χ0n) is 10.6. The average molecular weight is 259 g/mol. The second-order valence-electron chi connectivity index (χ2n) is 4.36. The standard InChI is InChI=1S/C12H15F2NO3/c1-12(2,17)11(16)15(3)9-5-8(14)10(18-4)6-7(9)13/h5-6,17H,1-4H3. The van der Waals surface area contributed by atoms with Crippen LogP contribution in [-0.4, -0.2) is 30.8 Å². The average Bonchev–Trinajstić information content (AvgIpc) is 2.28. The summed E-state index contributed by atoms with van der Waals surface area (Å²) in [4.78, 5) is 12.6. The molecule has 0 aromatic heterocycles. The molecule has 1 N–H and O–H groups in total. The van der Waals surface area contributed by atoms with E-state index in [0.29, 0.717) is 0 Å². The van der Waals surface area contributed by atoms with Gasteiger partial charge in [-0.25, -0.2) is 8.78 Å². The van der Waals surface area contributed by atoms with Crippen LogP contribution in [0.25, 0.3) is 0 Å². The molecule has 0 unspecified atom stereocenters. The van der Waals surface area contributed by atoms with Crippen LogP contribution < -0.4 is 9.64 Å². The van der Waals surface area contributed by atoms with E-state index in [0.717, 1.165) is 17.0 Å². The summed E-state index contributed by atoms with van der Waals surface area (Å²) in [5.74, 6) is -2.59. The number of benzene rings is 1. The molecule has 1 rings (SSSR count). The lowest BCUT2D eigenvalue weighted by Gasteiger charge is -2.25. The Morgan fingerprint density at radius 1 is 1.33 bits per heavy atom. The lowest BCUT2D eigenvalue weighted by atomic mass is 10.1. The molecule has 0 aliphatic rings. The molecule has 0 aliphatic carbocycles. The van der Waals surface area contributed by atoms with Crippen LogP contribution in [0.2, 0.25) is 0 Å². The molecule has 0 atom stereocenters. The van der Waals surface area contributed by atoms with Gasteiger partial charge in [0.15, 0.2) is 17.4 Å². The van der Waals surface area contributed by atoms with Gasteiger partial charge < -0.3 is 14.7 Å². The number of ether oxygens (including phenoxy) is 1. The van der Waals surface area contributed by atoms with Gasteiger partial charge in [-0.05, 0) is 13.8 Å². The van der Waals surface area contributed by atoms with Gasteiger partial charge in [-0.1, -0.05) is 0 Å². The van der Waals surface area contributed by atoms with E-state index in [1.807, 2.05) is 0 Å². The van der Waals surface area contributed by atoms with Crippen molar-refractivity contribution in [2.45, 2.75) is 19.4 Å². The highest BCUT2D eigenvalue weighted by molar-refractivity contribution is 5.98. The second-order valence-corrected chi connectivity index (χ2v) is 4.36. The third-order valence-corrected chi connectivity index (χ3v) is 2.41. The normalized spacial score (nSPS) is 11.3. The number of rotatable bonds is 3. The summed E-state index contributed by atoms with van der Waals surface area (Å²) in [6.07, 6.45) is 0. The van der Waals surface area contributed by atoms with Crippen molar-refractivity contribution in [1.82, 2.24) is 0 Å². The van der Waals surface area contributed by atoms with Gasteiger partial charge in [0.2, 0.25) is 0 Å². The number of methoxy groups -OCH3 is 1. The van der Waals surface area contributed by atoms with Crippen LogP contribution in [0.4, 0.5) is 14.5 Å². The van der Waals surface area contributed by atoms with Crippen molar-refractivity contribution in [1.29, 1.82) is 0 Å². The molecule has 4 nitrogen and oxygen atoms in total. The maximum atomic E-state index is 13.7. The number of carbonyl (C=O) groups excluding carboxylic acids is 1. The van der Waals surface area contributed by atoms with E-state index < -0.39 is 23.1 Å². The number of carbonyl (C=O) groups is 1. The number of hydrogen-bond acceptors (Lipinski definition) is 3. The summed E-state index contributed by atoms with van der Waals surface area (Å²) >= 11 is 0. The fraction of sp³-hybridized carbons (Fsp3) is 0.417. The van der Waals surface area contributed by atoms with Crippen LogP contribution in [0.15, 0.2) is 12.1 Å². The molecule has 100 valence electrons. The predicted molar refractivity (Wildman–Crippen MR) is 62.6 cm³/mol. The first-order valence-corrected chi connectivity index (χ1v) is 5.22. The third-order valence-electron chi connectivity index (χ3n) is 2.41. The fourth-order valence-electron chi connectivity index (χ4n) is 1.45. The summed E-state index contributed by atoms with van der Waals surface area (Å²) in [6.45, 7) is 2.53. The molecule has 0 radical (unpaired) electrons. The molecule has 0 aliphatic heterocycles. The Labute approximate surface area is 104 Å². The minimum Gasteiger partial charge on any atom is -0.494 e. The van der Waals surface area contributed by atoms with Crippen molar-refractivity contribution in [2.75, 3.05) is 19.1 Å². The Morgan fingerprint density at radius 2 is 1.89 bits per heavy atom. The van der Waals surface area contributed by atoms with Gasteiger partial charge in [0.05, 0.1) is 12.8 Å². The second kappa shape index (κ2) is 4.89. The van der Waals surface area contributed by atoms with Crippen molar-refractivity contribution in [3.63, 3.8) is 0 Å². The van der Waals surface area contributed by atoms with E-state index >= 15 is 0 Å². The van der Waals surface area contributed by atoms with E-state index in [1.165, 1.54) is 28.0 Å². The highest BCUT2D eigenvalue weighted by Gasteiger charge is 2.29. The number of halogens is 2. The van der Waals surface area contributed by atoms with Gasteiger partial charge in [-0.15, -0.1) is 0 Å². The van der Waals surface area contributed by atoms with E-state index in [2.05, 4.69) is 4.74 Å². The Bertz CT molecular complexity index is 469. The lowest BCUT2D eigenvalue weighted by molar-refractivity contribution is -0.133. The predicted octanol–water partition coefficient (Wildman–Crippen LogP) is 1.71. The summed E-state index contributed by atoms with van der Waals surface area (Å²) < 4.78 is 31.8. The zero-order valence-corrected chi connectivity index (χ0v) is 10.6. The molecular formula is C12H15F2NO3. The molecule has 0 fully saturated rings. The first kappa shape index (κ1) is 14.4. The Hall–Kier alpha value is -1.69. The van der Waals surface area contributed by atoms with Gasteiger partial charge in [-0.2, -0.15) is 0 Å². The van der Waals surface area contributed by atoms with Crippen molar-refractivity contribution in [3.8, 4) is 5.75 Å². The molecule has 0 heterocycles. The largest absolute Gasteiger partial charge is 0.494 e. The lowest BCUT2D eigenvalue weighted by Crippen LogP contribution is -2.43. The molecule has 0 spiro atoms. The Balaban J connectivity index is 3.19. The molecule has 18 heavy (non-hydrogen) atoms. The zero-order chi connectivity index (χ0) is 14.1. The molecule has 6 heteroatoms. The minimum atomic E-state index is -1.67. The molecular weight excluding hydrogens is 244 g/mol. The van der Waals surface area contributed by atoms with Crippen LogP contribution in [0, 0.1) is 11.6 Å². The number of aliphatic hydroxyl groups is 1. The van der Waals surface area contributed by atoms with Crippen molar-refractivity contribution in [2.24, 2.45) is 0 Å². The van der Waals surface area contributed by atoms with E-state index in [4.69, 9.17) is 0 Å². The smallest absolute Gasteiger partial charge is 0.258 e. The molecule has 1 amide bonds. The highest BCUT2D eigenvalue weighted by Crippen LogP contribution is 2.27. The number of amides is 1. The third kappa shape index (κ3) is 2.76. The van der Waals surface area contributed by atoms with E-state index in [-0.39, 0.29) is 11.4 Å². The fourth-order valence-corrected chi connectivity index (χ4v) is 1.45. The van der Waals surface area contributed by atoms with Gasteiger partial charge in [-0.3, -0.25) is 4.79 Å². The SMILES string of the molecule is COc1cc(F)c(N(C)C(=O)C(C)(C)O)cc1F. The summed E-state index contributed by atoms with van der Waals surface area (Å²) in [6, 6.07) is 1.69. The first-order chi connectivity index (χ1) is 8.18.